The fraction of sp³-hybridized carbons (Fsp3) is 0.250. The fourth-order valence-corrected chi connectivity index (χ4v) is 2.04. The molecule has 0 bridgehead atoms. The lowest BCUT2D eigenvalue weighted by Gasteiger charge is -2.26. The monoisotopic (exact) mass is 315 g/mol. The zero-order valence-electron chi connectivity index (χ0n) is 8.90. The van der Waals surface area contributed by atoms with Crippen molar-refractivity contribution >= 4 is 34.2 Å². The average Bonchev–Trinajstić information content (AvgIpc) is 2.20. The Kier molecular flexibility index (Phi) is 4.32. The maximum Gasteiger partial charge on any atom is 0.250 e. The molecule has 3 heteroatoms. The van der Waals surface area contributed by atoms with E-state index < -0.39 is 0 Å². The van der Waals surface area contributed by atoms with Gasteiger partial charge in [-0.1, -0.05) is 18.7 Å². The molecule has 0 aliphatic rings. The van der Waals surface area contributed by atoms with Crippen LogP contribution >= 0.6 is 22.6 Å². The third kappa shape index (κ3) is 2.81. The lowest BCUT2D eigenvalue weighted by Crippen LogP contribution is -2.36. The number of rotatable bonds is 3. The second kappa shape index (κ2) is 5.30. The molecular weight excluding hydrogens is 301 g/mol. The van der Waals surface area contributed by atoms with Crippen molar-refractivity contribution in [3.05, 3.63) is 40.5 Å². The minimum atomic E-state index is -0.0610. The van der Waals surface area contributed by atoms with E-state index in [0.717, 1.165) is 9.26 Å². The number of halogens is 1. The van der Waals surface area contributed by atoms with E-state index in [-0.39, 0.29) is 11.9 Å². The van der Waals surface area contributed by atoms with Crippen LogP contribution in [0.4, 0.5) is 5.69 Å². The number of nitrogens with zero attached hydrogens (tertiary/aromatic N) is 1. The van der Waals surface area contributed by atoms with Gasteiger partial charge in [-0.15, -0.1) is 0 Å². The van der Waals surface area contributed by atoms with Gasteiger partial charge in [0.2, 0.25) is 0 Å². The summed E-state index contributed by atoms with van der Waals surface area (Å²) in [6, 6.07) is 7.96. The van der Waals surface area contributed by atoms with Crippen molar-refractivity contribution in [1.29, 1.82) is 0 Å². The predicted molar refractivity (Wildman–Crippen MR) is 72.0 cm³/mol. The summed E-state index contributed by atoms with van der Waals surface area (Å²) in [4.78, 5) is 13.5. The Morgan fingerprint density at radius 2 is 2.07 bits per heavy atom. The largest absolute Gasteiger partial charge is 0.305 e. The smallest absolute Gasteiger partial charge is 0.250 e. The second-order valence-electron chi connectivity index (χ2n) is 3.46. The molecule has 80 valence electrons. The SMILES string of the molecule is C=CC(=O)N(c1ccccc1I)C(C)C. The van der Waals surface area contributed by atoms with Gasteiger partial charge in [0.15, 0.2) is 0 Å². The highest BCUT2D eigenvalue weighted by Gasteiger charge is 2.17. The van der Waals surface area contributed by atoms with Gasteiger partial charge in [0.25, 0.3) is 5.91 Å². The summed E-state index contributed by atoms with van der Waals surface area (Å²) in [6.07, 6.45) is 1.35. The summed E-state index contributed by atoms with van der Waals surface area (Å²) in [7, 11) is 0. The van der Waals surface area contributed by atoms with Crippen LogP contribution in [0.1, 0.15) is 13.8 Å². The van der Waals surface area contributed by atoms with Crippen molar-refractivity contribution in [3.8, 4) is 0 Å². The predicted octanol–water partition coefficient (Wildman–Crippen LogP) is 3.22. The molecule has 0 radical (unpaired) electrons. The number of benzene rings is 1. The highest BCUT2D eigenvalue weighted by atomic mass is 127. The average molecular weight is 315 g/mol. The third-order valence-corrected chi connectivity index (χ3v) is 2.95. The van der Waals surface area contributed by atoms with E-state index in [2.05, 4.69) is 29.2 Å². The van der Waals surface area contributed by atoms with Crippen LogP contribution in [0.2, 0.25) is 0 Å². The number of para-hydroxylation sites is 1. The molecule has 0 aliphatic heterocycles. The maximum absolute atomic E-state index is 11.7. The summed E-state index contributed by atoms with van der Waals surface area (Å²) >= 11 is 2.23. The van der Waals surface area contributed by atoms with Crippen LogP contribution in [0, 0.1) is 3.57 Å². The molecule has 0 spiro atoms. The second-order valence-corrected chi connectivity index (χ2v) is 4.62. The topological polar surface area (TPSA) is 20.3 Å². The molecule has 1 rings (SSSR count). The first-order valence-electron chi connectivity index (χ1n) is 4.78. The van der Waals surface area contributed by atoms with Crippen LogP contribution in [0.15, 0.2) is 36.9 Å². The van der Waals surface area contributed by atoms with Crippen LogP contribution in [-0.4, -0.2) is 11.9 Å². The maximum atomic E-state index is 11.7. The molecule has 0 aromatic heterocycles. The van der Waals surface area contributed by atoms with E-state index in [1.807, 2.05) is 38.1 Å². The van der Waals surface area contributed by atoms with Crippen molar-refractivity contribution in [2.45, 2.75) is 19.9 Å². The molecule has 1 amide bonds. The van der Waals surface area contributed by atoms with Crippen molar-refractivity contribution in [1.82, 2.24) is 0 Å². The minimum absolute atomic E-state index is 0.0610. The van der Waals surface area contributed by atoms with Gasteiger partial charge in [0, 0.05) is 9.61 Å². The van der Waals surface area contributed by atoms with Gasteiger partial charge in [0.1, 0.15) is 0 Å². The Balaban J connectivity index is 3.16. The zero-order valence-corrected chi connectivity index (χ0v) is 11.1. The van der Waals surface area contributed by atoms with Crippen molar-refractivity contribution in [2.75, 3.05) is 4.90 Å². The Bertz CT molecular complexity index is 374. The summed E-state index contributed by atoms with van der Waals surface area (Å²) in [5.41, 5.74) is 0.943. The van der Waals surface area contributed by atoms with Gasteiger partial charge in [0.05, 0.1) is 5.69 Å². The summed E-state index contributed by atoms with van der Waals surface area (Å²) in [6.45, 7) is 7.51. The number of carbonyl (C=O) groups is 1. The van der Waals surface area contributed by atoms with Crippen molar-refractivity contribution < 1.29 is 4.79 Å². The first kappa shape index (κ1) is 12.2. The molecule has 0 atom stereocenters. The van der Waals surface area contributed by atoms with E-state index in [4.69, 9.17) is 0 Å². The summed E-state index contributed by atoms with van der Waals surface area (Å²) < 4.78 is 1.07. The van der Waals surface area contributed by atoms with Gasteiger partial charge in [-0.2, -0.15) is 0 Å². The molecule has 0 aliphatic carbocycles. The quantitative estimate of drug-likeness (QED) is 0.619. The van der Waals surface area contributed by atoms with Gasteiger partial charge in [-0.25, -0.2) is 0 Å². The molecule has 0 unspecified atom stereocenters. The first-order chi connectivity index (χ1) is 7.07. The van der Waals surface area contributed by atoms with Gasteiger partial charge in [-0.05, 0) is 54.6 Å². The Morgan fingerprint density at radius 3 is 2.53 bits per heavy atom. The van der Waals surface area contributed by atoms with Crippen molar-refractivity contribution in [3.63, 3.8) is 0 Å². The number of hydrogen-bond donors (Lipinski definition) is 0. The van der Waals surface area contributed by atoms with Gasteiger partial charge in [-0.3, -0.25) is 4.79 Å². The first-order valence-corrected chi connectivity index (χ1v) is 5.86. The molecule has 0 heterocycles. The molecule has 0 N–H and O–H groups in total. The number of hydrogen-bond acceptors (Lipinski definition) is 1. The minimum Gasteiger partial charge on any atom is -0.305 e. The number of anilines is 1. The Hall–Kier alpha value is -0.840. The fourth-order valence-electron chi connectivity index (χ4n) is 1.40. The van der Waals surface area contributed by atoms with E-state index in [0.29, 0.717) is 0 Å². The Labute approximate surface area is 104 Å². The molecule has 1 aromatic carbocycles. The summed E-state index contributed by atoms with van der Waals surface area (Å²) in [5.74, 6) is -0.0610. The number of amides is 1. The van der Waals surface area contributed by atoms with E-state index >= 15 is 0 Å². The molecule has 1 aromatic rings. The van der Waals surface area contributed by atoms with Gasteiger partial charge >= 0.3 is 0 Å². The van der Waals surface area contributed by atoms with E-state index in [9.17, 15) is 4.79 Å². The lowest BCUT2D eigenvalue weighted by molar-refractivity contribution is -0.114. The van der Waals surface area contributed by atoms with E-state index in [1.165, 1.54) is 6.08 Å². The highest BCUT2D eigenvalue weighted by molar-refractivity contribution is 14.1. The summed E-state index contributed by atoms with van der Waals surface area (Å²) in [5, 5.41) is 0. The normalized spacial score (nSPS) is 10.1. The molecule has 0 fully saturated rings. The van der Waals surface area contributed by atoms with Crippen LogP contribution in [-0.2, 0) is 4.79 Å². The third-order valence-electron chi connectivity index (χ3n) is 2.04. The van der Waals surface area contributed by atoms with E-state index in [1.54, 1.807) is 4.90 Å². The van der Waals surface area contributed by atoms with Crippen LogP contribution in [0.5, 0.6) is 0 Å². The van der Waals surface area contributed by atoms with Crippen LogP contribution < -0.4 is 4.90 Å². The molecule has 15 heavy (non-hydrogen) atoms. The Morgan fingerprint density at radius 1 is 1.47 bits per heavy atom. The van der Waals surface area contributed by atoms with Gasteiger partial charge < -0.3 is 4.90 Å². The van der Waals surface area contributed by atoms with Crippen molar-refractivity contribution in [2.24, 2.45) is 0 Å². The standard InChI is InChI=1S/C12H14INO/c1-4-12(15)14(9(2)3)11-8-6-5-7-10(11)13/h4-9H,1H2,2-3H3. The zero-order chi connectivity index (χ0) is 11.4. The van der Waals surface area contributed by atoms with Crippen LogP contribution in [0.25, 0.3) is 0 Å². The molecular formula is C12H14INO. The number of carbonyl (C=O) groups excluding carboxylic acids is 1. The molecule has 0 saturated heterocycles. The highest BCUT2D eigenvalue weighted by Crippen LogP contribution is 2.24. The molecule has 2 nitrogen and oxygen atoms in total. The lowest BCUT2D eigenvalue weighted by atomic mass is 10.2. The van der Waals surface area contributed by atoms with Crippen LogP contribution in [0.3, 0.4) is 0 Å². The molecule has 0 saturated carbocycles.